The van der Waals surface area contributed by atoms with Crippen LogP contribution in [0.5, 0.6) is 11.5 Å². The molecule has 7 aromatic carbocycles. The maximum Gasteiger partial charge on any atom is 0.145 e. The minimum Gasteiger partial charge on any atom is -0.457 e. The molecule has 0 unspecified atom stereocenters. The number of rotatable bonds is 5. The summed E-state index contributed by atoms with van der Waals surface area (Å²) in [6, 6.07) is 57.6. The van der Waals surface area contributed by atoms with Gasteiger partial charge in [-0.25, -0.2) is 9.97 Å². The van der Waals surface area contributed by atoms with Crippen LogP contribution in [-0.2, 0) is 0 Å². The molecule has 0 bridgehead atoms. The molecular weight excluding hydrogens is 649 g/mol. The van der Waals surface area contributed by atoms with E-state index in [0.717, 1.165) is 72.0 Å². The van der Waals surface area contributed by atoms with E-state index < -0.39 is 0 Å². The van der Waals surface area contributed by atoms with Crippen LogP contribution >= 0.6 is 0 Å². The number of imidazole rings is 2. The van der Waals surface area contributed by atoms with Crippen LogP contribution < -0.4 is 4.74 Å². The van der Waals surface area contributed by atoms with Crippen molar-refractivity contribution in [2.75, 3.05) is 0 Å². The van der Waals surface area contributed by atoms with E-state index >= 15 is 0 Å². The quantitative estimate of drug-likeness (QED) is 0.170. The van der Waals surface area contributed by atoms with Crippen LogP contribution in [0.1, 0.15) is 0 Å². The molecule has 0 aliphatic rings. The maximum atomic E-state index is 6.68. The Labute approximate surface area is 304 Å². The summed E-state index contributed by atoms with van der Waals surface area (Å²) in [5, 5.41) is 6.65. The lowest BCUT2D eigenvalue weighted by Gasteiger charge is -2.16. The fourth-order valence-corrected chi connectivity index (χ4v) is 8.06. The molecular formula is C48H30N4O. The third-order valence-electron chi connectivity index (χ3n) is 10.5. The highest BCUT2D eigenvalue weighted by atomic mass is 16.5. The lowest BCUT2D eigenvalue weighted by Crippen LogP contribution is -1.95. The number of ether oxygens (including phenoxy) is 1. The van der Waals surface area contributed by atoms with E-state index in [1.807, 2.05) is 18.5 Å². The summed E-state index contributed by atoms with van der Waals surface area (Å²) in [5.74, 6) is 1.49. The molecule has 0 fully saturated rings. The van der Waals surface area contributed by atoms with Crippen LogP contribution in [0, 0.1) is 0 Å². The van der Waals surface area contributed by atoms with Crippen LogP contribution in [0.4, 0.5) is 0 Å². The normalized spacial score (nSPS) is 11.8. The van der Waals surface area contributed by atoms with E-state index in [1.54, 1.807) is 0 Å². The molecule has 0 N–H and O–H groups in total. The molecule has 0 spiro atoms. The lowest BCUT2D eigenvalue weighted by molar-refractivity contribution is 0.484. The molecule has 11 rings (SSSR count). The van der Waals surface area contributed by atoms with Gasteiger partial charge in [0.2, 0.25) is 0 Å². The molecule has 0 saturated carbocycles. The molecule has 0 radical (unpaired) electrons. The zero-order valence-electron chi connectivity index (χ0n) is 28.5. The van der Waals surface area contributed by atoms with Crippen molar-refractivity contribution in [1.29, 1.82) is 0 Å². The van der Waals surface area contributed by atoms with Gasteiger partial charge in [-0.2, -0.15) is 0 Å². The van der Waals surface area contributed by atoms with Crippen molar-refractivity contribution in [3.8, 4) is 45.0 Å². The predicted octanol–water partition coefficient (Wildman–Crippen LogP) is 12.4. The SMILES string of the molecule is c1ccc(-c2cc3c4ccc(Oc5ccc6c7ccccc7n7c(-c8ccccc8)cnc7c6c5)cc4c4nccn4c3cc2-c2ccccc2)cc1. The van der Waals surface area contributed by atoms with E-state index in [1.165, 1.54) is 27.6 Å². The van der Waals surface area contributed by atoms with Crippen LogP contribution in [-0.4, -0.2) is 18.8 Å². The van der Waals surface area contributed by atoms with Gasteiger partial charge in [0.05, 0.1) is 22.9 Å². The van der Waals surface area contributed by atoms with Crippen LogP contribution in [0.3, 0.4) is 0 Å². The number of nitrogens with zero attached hydrogens (tertiary/aromatic N) is 4. The first-order valence-electron chi connectivity index (χ1n) is 17.8. The Balaban J connectivity index is 1.08. The van der Waals surface area contributed by atoms with Crippen molar-refractivity contribution in [3.05, 3.63) is 182 Å². The summed E-state index contributed by atoms with van der Waals surface area (Å²) in [4.78, 5) is 9.83. The first kappa shape index (κ1) is 29.5. The number of hydrogen-bond acceptors (Lipinski definition) is 3. The molecule has 0 atom stereocenters. The molecule has 11 aromatic rings. The predicted molar refractivity (Wildman–Crippen MR) is 217 cm³/mol. The summed E-state index contributed by atoms with van der Waals surface area (Å²) >= 11 is 0. The van der Waals surface area contributed by atoms with Gasteiger partial charge >= 0.3 is 0 Å². The van der Waals surface area contributed by atoms with Gasteiger partial charge in [0.1, 0.15) is 22.8 Å². The van der Waals surface area contributed by atoms with Crippen molar-refractivity contribution < 1.29 is 4.74 Å². The molecule has 4 heterocycles. The van der Waals surface area contributed by atoms with Gasteiger partial charge in [-0.3, -0.25) is 8.80 Å². The second-order valence-electron chi connectivity index (χ2n) is 13.5. The summed E-state index contributed by atoms with van der Waals surface area (Å²) in [6.45, 7) is 0. The van der Waals surface area contributed by atoms with Gasteiger partial charge < -0.3 is 4.74 Å². The van der Waals surface area contributed by atoms with Crippen molar-refractivity contribution in [3.63, 3.8) is 0 Å². The average molecular weight is 679 g/mol. The highest BCUT2D eigenvalue weighted by molar-refractivity contribution is 6.15. The minimum absolute atomic E-state index is 0.746. The summed E-state index contributed by atoms with van der Waals surface area (Å²) < 4.78 is 11.1. The standard InChI is InChI=1S/C48H30N4O/c1-4-12-31(13-5-1)39-28-41-37-23-21-34(26-42(37)47-49-24-25-51(47)45(41)29-40(39)32-14-6-2-7-15-32)53-35-20-22-36-38-18-10-11-19-44(38)52-46(33-16-8-3-9-17-33)30-50-48(52)43(36)27-35/h1-30H. The molecule has 0 aliphatic heterocycles. The molecule has 248 valence electrons. The Bertz CT molecular complexity index is 3180. The third kappa shape index (κ3) is 4.64. The second kappa shape index (κ2) is 11.7. The van der Waals surface area contributed by atoms with E-state index in [9.17, 15) is 0 Å². The molecule has 0 amide bonds. The number of aromatic nitrogens is 4. The second-order valence-corrected chi connectivity index (χ2v) is 13.5. The summed E-state index contributed by atoms with van der Waals surface area (Å²) in [7, 11) is 0. The first-order chi connectivity index (χ1) is 26.3. The Hall–Kier alpha value is -7.24. The highest BCUT2D eigenvalue weighted by Gasteiger charge is 2.18. The van der Waals surface area contributed by atoms with Gasteiger partial charge in [-0.1, -0.05) is 109 Å². The van der Waals surface area contributed by atoms with Gasteiger partial charge in [0.25, 0.3) is 0 Å². The zero-order valence-corrected chi connectivity index (χ0v) is 28.5. The maximum absolute atomic E-state index is 6.68. The summed E-state index contributed by atoms with van der Waals surface area (Å²) in [6.07, 6.45) is 5.90. The Morgan fingerprint density at radius 2 is 1.00 bits per heavy atom. The van der Waals surface area contributed by atoms with E-state index in [0.29, 0.717) is 0 Å². The van der Waals surface area contributed by atoms with Gasteiger partial charge in [-0.05, 0) is 87.6 Å². The van der Waals surface area contributed by atoms with Gasteiger partial charge in [-0.15, -0.1) is 0 Å². The number of para-hydroxylation sites is 1. The minimum atomic E-state index is 0.746. The molecule has 5 heteroatoms. The Kier molecular flexibility index (Phi) is 6.48. The van der Waals surface area contributed by atoms with Crippen molar-refractivity contribution in [2.45, 2.75) is 0 Å². The number of hydrogen-bond donors (Lipinski definition) is 0. The van der Waals surface area contributed by atoms with Crippen LogP contribution in [0.25, 0.3) is 88.2 Å². The fourth-order valence-electron chi connectivity index (χ4n) is 8.06. The molecule has 0 saturated heterocycles. The fraction of sp³-hybridized carbons (Fsp3) is 0. The third-order valence-corrected chi connectivity index (χ3v) is 10.5. The van der Waals surface area contributed by atoms with Crippen LogP contribution in [0.2, 0.25) is 0 Å². The summed E-state index contributed by atoms with van der Waals surface area (Å²) in [5.41, 5.74) is 10.9. The Morgan fingerprint density at radius 3 is 1.70 bits per heavy atom. The number of pyridine rings is 2. The molecule has 5 nitrogen and oxygen atoms in total. The molecule has 0 aliphatic carbocycles. The van der Waals surface area contributed by atoms with E-state index in [4.69, 9.17) is 14.7 Å². The van der Waals surface area contributed by atoms with Crippen LogP contribution in [0.15, 0.2) is 182 Å². The lowest BCUT2D eigenvalue weighted by atomic mass is 9.91. The topological polar surface area (TPSA) is 43.8 Å². The molecule has 4 aromatic heterocycles. The van der Waals surface area contributed by atoms with E-state index in [2.05, 4.69) is 173 Å². The monoisotopic (exact) mass is 678 g/mol. The first-order valence-corrected chi connectivity index (χ1v) is 17.8. The number of benzene rings is 7. The van der Waals surface area contributed by atoms with Crippen molar-refractivity contribution in [2.24, 2.45) is 0 Å². The largest absolute Gasteiger partial charge is 0.457 e. The smallest absolute Gasteiger partial charge is 0.145 e. The zero-order chi connectivity index (χ0) is 34.9. The van der Waals surface area contributed by atoms with Crippen molar-refractivity contribution in [1.82, 2.24) is 18.8 Å². The van der Waals surface area contributed by atoms with Crippen molar-refractivity contribution >= 4 is 54.6 Å². The van der Waals surface area contributed by atoms with E-state index in [-0.39, 0.29) is 0 Å². The Morgan fingerprint density at radius 1 is 0.415 bits per heavy atom. The average Bonchev–Trinajstić information content (AvgIpc) is 3.91. The number of fused-ring (bicyclic) bond motifs is 12. The van der Waals surface area contributed by atoms with Gasteiger partial charge in [0.15, 0.2) is 0 Å². The molecule has 53 heavy (non-hydrogen) atoms. The van der Waals surface area contributed by atoms with Gasteiger partial charge in [0, 0.05) is 39.5 Å². The highest BCUT2D eigenvalue weighted by Crippen LogP contribution is 2.41.